The molecule has 0 aliphatic carbocycles. The van der Waals surface area contributed by atoms with Crippen molar-refractivity contribution >= 4 is 51.6 Å². The SMILES string of the molecule is COc1ccc(N2C(=O)[C@H]3[C@@H](C2=O)[C@@]2(N[C@@H]3Cc3c[nH]c4ccccc34)C(=O)Nc3ccc(Cl)cc32)cc1. The van der Waals surface area contributed by atoms with Crippen LogP contribution >= 0.6 is 11.6 Å². The summed E-state index contributed by atoms with van der Waals surface area (Å²) in [7, 11) is 1.55. The predicted molar refractivity (Wildman–Crippen MR) is 143 cm³/mol. The molecule has 4 atom stereocenters. The molecule has 0 saturated carbocycles. The van der Waals surface area contributed by atoms with E-state index in [4.69, 9.17) is 16.3 Å². The fraction of sp³-hybridized carbons (Fsp3) is 0.207. The molecule has 1 spiro atoms. The minimum Gasteiger partial charge on any atom is -0.497 e. The number of hydrogen-bond donors (Lipinski definition) is 3. The molecule has 8 nitrogen and oxygen atoms in total. The van der Waals surface area contributed by atoms with E-state index in [9.17, 15) is 14.4 Å². The quantitative estimate of drug-likeness (QED) is 0.349. The second-order valence-corrected chi connectivity index (χ2v) is 10.4. The molecule has 0 radical (unpaired) electrons. The lowest BCUT2D eigenvalue weighted by molar-refractivity contribution is -0.130. The van der Waals surface area contributed by atoms with Crippen molar-refractivity contribution in [1.29, 1.82) is 0 Å². The molecule has 3 aliphatic rings. The van der Waals surface area contributed by atoms with Crippen molar-refractivity contribution in [3.63, 3.8) is 0 Å². The second-order valence-electron chi connectivity index (χ2n) is 9.98. The summed E-state index contributed by atoms with van der Waals surface area (Å²) in [4.78, 5) is 46.4. The van der Waals surface area contributed by atoms with Crippen LogP contribution in [0.5, 0.6) is 5.75 Å². The van der Waals surface area contributed by atoms with Gasteiger partial charge in [0.2, 0.25) is 17.7 Å². The van der Waals surface area contributed by atoms with Crippen molar-refractivity contribution in [3.05, 3.63) is 89.1 Å². The van der Waals surface area contributed by atoms with Gasteiger partial charge in [-0.3, -0.25) is 19.7 Å². The Morgan fingerprint density at radius 1 is 1.00 bits per heavy atom. The first-order valence-electron chi connectivity index (χ1n) is 12.4. The Balaban J connectivity index is 1.37. The fourth-order valence-corrected chi connectivity index (χ4v) is 6.64. The van der Waals surface area contributed by atoms with Crippen LogP contribution in [-0.2, 0) is 26.3 Å². The summed E-state index contributed by atoms with van der Waals surface area (Å²) in [6.07, 6.45) is 2.37. The van der Waals surface area contributed by atoms with Crippen molar-refractivity contribution in [2.45, 2.75) is 18.0 Å². The summed E-state index contributed by atoms with van der Waals surface area (Å²) in [6.45, 7) is 0. The maximum Gasteiger partial charge on any atom is 0.250 e. The number of amides is 3. The van der Waals surface area contributed by atoms with E-state index in [1.165, 1.54) is 4.90 Å². The maximum atomic E-state index is 14.1. The van der Waals surface area contributed by atoms with Gasteiger partial charge in [-0.2, -0.15) is 0 Å². The smallest absolute Gasteiger partial charge is 0.250 e. The zero-order valence-corrected chi connectivity index (χ0v) is 21.1. The second kappa shape index (κ2) is 8.18. The van der Waals surface area contributed by atoms with Gasteiger partial charge in [-0.25, -0.2) is 4.90 Å². The van der Waals surface area contributed by atoms with E-state index >= 15 is 0 Å². The lowest BCUT2D eigenvalue weighted by atomic mass is 9.76. The highest BCUT2D eigenvalue weighted by atomic mass is 35.5. The van der Waals surface area contributed by atoms with Gasteiger partial charge in [0.1, 0.15) is 11.3 Å². The van der Waals surface area contributed by atoms with Crippen LogP contribution in [0, 0.1) is 11.8 Å². The Labute approximate surface area is 222 Å². The molecule has 2 fully saturated rings. The Hall–Kier alpha value is -4.14. The van der Waals surface area contributed by atoms with Crippen LogP contribution in [0.15, 0.2) is 72.9 Å². The average molecular weight is 527 g/mol. The van der Waals surface area contributed by atoms with Crippen LogP contribution in [0.25, 0.3) is 10.9 Å². The van der Waals surface area contributed by atoms with Gasteiger partial charge in [-0.15, -0.1) is 0 Å². The number of methoxy groups -OCH3 is 1. The number of aromatic amines is 1. The first-order chi connectivity index (χ1) is 18.4. The van der Waals surface area contributed by atoms with Crippen molar-refractivity contribution in [2.75, 3.05) is 17.3 Å². The molecule has 3 aliphatic heterocycles. The number of nitrogens with zero attached hydrogens (tertiary/aromatic N) is 1. The first kappa shape index (κ1) is 23.0. The topological polar surface area (TPSA) is 104 Å². The van der Waals surface area contributed by atoms with E-state index in [-0.39, 0.29) is 11.8 Å². The molecule has 3 aromatic carbocycles. The number of para-hydroxylation sites is 1. The van der Waals surface area contributed by atoms with E-state index in [0.29, 0.717) is 34.1 Å². The molecule has 0 unspecified atom stereocenters. The Bertz CT molecular complexity index is 1650. The number of ether oxygens (including phenoxy) is 1. The number of imide groups is 1. The number of carbonyl (C=O) groups is 3. The molecule has 7 rings (SSSR count). The van der Waals surface area contributed by atoms with Gasteiger partial charge in [0.15, 0.2) is 0 Å². The van der Waals surface area contributed by atoms with Crippen molar-refractivity contribution in [2.24, 2.45) is 11.8 Å². The third-order valence-corrected chi connectivity index (χ3v) is 8.36. The Morgan fingerprint density at radius 3 is 2.58 bits per heavy atom. The summed E-state index contributed by atoms with van der Waals surface area (Å²) >= 11 is 6.37. The Morgan fingerprint density at radius 2 is 1.79 bits per heavy atom. The summed E-state index contributed by atoms with van der Waals surface area (Å²) in [5, 5.41) is 7.89. The lowest BCUT2D eigenvalue weighted by Crippen LogP contribution is -2.53. The van der Waals surface area contributed by atoms with Crippen LogP contribution in [0.2, 0.25) is 5.02 Å². The Kier molecular flexibility index (Phi) is 4.95. The number of rotatable bonds is 4. The number of benzene rings is 3. The number of anilines is 2. The van der Waals surface area contributed by atoms with E-state index in [1.54, 1.807) is 49.6 Å². The van der Waals surface area contributed by atoms with Crippen molar-refractivity contribution < 1.29 is 19.1 Å². The molecule has 4 aromatic rings. The standard InChI is InChI=1S/C29H23ClN4O4/c1-38-18-9-7-17(8-10-18)34-26(35)24-23(12-15-14-31-21-5-3-2-4-19(15)21)33-29(25(24)27(34)36)20-13-16(30)6-11-22(20)32-28(29)37/h2-11,13-14,23-25,31,33H,12H2,1H3,(H,32,37)/t23-,24-,25+,29-/m1/s1. The molecule has 4 heterocycles. The highest BCUT2D eigenvalue weighted by Crippen LogP contribution is 2.54. The lowest BCUT2D eigenvalue weighted by Gasteiger charge is -2.29. The summed E-state index contributed by atoms with van der Waals surface area (Å²) in [5.74, 6) is -2.18. The van der Waals surface area contributed by atoms with Gasteiger partial charge in [0.25, 0.3) is 0 Å². The van der Waals surface area contributed by atoms with E-state index < -0.39 is 29.3 Å². The third-order valence-electron chi connectivity index (χ3n) is 8.12. The van der Waals surface area contributed by atoms with Gasteiger partial charge in [-0.05, 0) is 60.5 Å². The predicted octanol–water partition coefficient (Wildman–Crippen LogP) is 4.00. The third kappa shape index (κ3) is 3.04. The highest BCUT2D eigenvalue weighted by Gasteiger charge is 2.70. The summed E-state index contributed by atoms with van der Waals surface area (Å²) in [5.41, 5.74) is 2.18. The monoisotopic (exact) mass is 526 g/mol. The fourth-order valence-electron chi connectivity index (χ4n) is 6.47. The van der Waals surface area contributed by atoms with E-state index in [1.807, 2.05) is 30.5 Å². The minimum atomic E-state index is -1.42. The number of aromatic nitrogens is 1. The number of nitrogens with one attached hydrogen (secondary N) is 3. The normalized spacial score (nSPS) is 25.8. The van der Waals surface area contributed by atoms with Crippen molar-refractivity contribution in [1.82, 2.24) is 10.3 Å². The number of carbonyl (C=O) groups excluding carboxylic acids is 3. The van der Waals surface area contributed by atoms with Crippen LogP contribution in [0.4, 0.5) is 11.4 Å². The summed E-state index contributed by atoms with van der Waals surface area (Å²) in [6, 6.07) is 19.4. The molecule has 2 saturated heterocycles. The molecule has 1 aromatic heterocycles. The van der Waals surface area contributed by atoms with Gasteiger partial charge in [0.05, 0.1) is 24.6 Å². The molecule has 3 amide bonds. The summed E-state index contributed by atoms with van der Waals surface area (Å²) < 4.78 is 5.24. The maximum absolute atomic E-state index is 14.1. The molecule has 0 bridgehead atoms. The van der Waals surface area contributed by atoms with Gasteiger partial charge < -0.3 is 15.0 Å². The molecular weight excluding hydrogens is 504 g/mol. The van der Waals surface area contributed by atoms with Gasteiger partial charge >= 0.3 is 0 Å². The van der Waals surface area contributed by atoms with Gasteiger partial charge in [0, 0.05) is 39.4 Å². The van der Waals surface area contributed by atoms with Crippen LogP contribution in [-0.4, -0.2) is 35.9 Å². The number of fused-ring (bicyclic) bond motifs is 5. The zero-order valence-electron chi connectivity index (χ0n) is 20.3. The molecule has 3 N–H and O–H groups in total. The van der Waals surface area contributed by atoms with E-state index in [0.717, 1.165) is 16.5 Å². The van der Waals surface area contributed by atoms with E-state index in [2.05, 4.69) is 15.6 Å². The molecule has 9 heteroatoms. The molecule has 190 valence electrons. The highest BCUT2D eigenvalue weighted by molar-refractivity contribution is 6.31. The molecule has 38 heavy (non-hydrogen) atoms. The van der Waals surface area contributed by atoms with Gasteiger partial charge in [-0.1, -0.05) is 29.8 Å². The van der Waals surface area contributed by atoms with Crippen molar-refractivity contribution in [3.8, 4) is 5.75 Å². The van der Waals surface area contributed by atoms with Crippen LogP contribution in [0.1, 0.15) is 11.1 Å². The zero-order chi connectivity index (χ0) is 26.2. The number of H-pyrrole nitrogens is 1. The average Bonchev–Trinajstić information content (AvgIpc) is 3.63. The number of hydrogen-bond acceptors (Lipinski definition) is 5. The van der Waals surface area contributed by atoms with Crippen LogP contribution in [0.3, 0.4) is 0 Å². The first-order valence-corrected chi connectivity index (χ1v) is 12.8. The minimum absolute atomic E-state index is 0.331. The number of halogens is 1. The van der Waals surface area contributed by atoms with Crippen LogP contribution < -0.4 is 20.3 Å². The molecular formula is C29H23ClN4O4. The largest absolute Gasteiger partial charge is 0.497 e.